The van der Waals surface area contributed by atoms with E-state index in [1.807, 2.05) is 44.3 Å². The molecule has 1 aromatic carbocycles. The van der Waals surface area contributed by atoms with Gasteiger partial charge in [-0.2, -0.15) is 0 Å². The number of piperidine rings is 1. The molecule has 1 aromatic rings. The fourth-order valence-corrected chi connectivity index (χ4v) is 2.77. The molecule has 0 bridgehead atoms. The molecule has 0 aliphatic carbocycles. The van der Waals surface area contributed by atoms with E-state index in [-0.39, 0.29) is 11.9 Å². The second-order valence-corrected chi connectivity index (χ2v) is 5.57. The van der Waals surface area contributed by atoms with Gasteiger partial charge < -0.3 is 10.6 Å². The molecular formula is C16H25N3O. The van der Waals surface area contributed by atoms with Gasteiger partial charge in [-0.05, 0) is 64.5 Å². The Morgan fingerprint density at radius 2 is 1.95 bits per heavy atom. The number of nitrogens with one attached hydrogen (secondary N) is 2. The van der Waals surface area contributed by atoms with Gasteiger partial charge in [0.25, 0.3) is 0 Å². The molecule has 4 heteroatoms. The van der Waals surface area contributed by atoms with Gasteiger partial charge in [-0.3, -0.25) is 9.69 Å². The Morgan fingerprint density at radius 1 is 1.30 bits per heavy atom. The van der Waals surface area contributed by atoms with Crippen LogP contribution in [0.5, 0.6) is 0 Å². The van der Waals surface area contributed by atoms with Crippen molar-refractivity contribution in [1.29, 1.82) is 0 Å². The van der Waals surface area contributed by atoms with Crippen LogP contribution in [-0.2, 0) is 4.79 Å². The SMILES string of the molecule is CNCC1CCN(C(C)C(=O)Nc2ccccc2)CC1. The Morgan fingerprint density at radius 3 is 2.55 bits per heavy atom. The molecule has 1 atom stereocenters. The number of hydrogen-bond acceptors (Lipinski definition) is 3. The fraction of sp³-hybridized carbons (Fsp3) is 0.562. The quantitative estimate of drug-likeness (QED) is 0.863. The van der Waals surface area contributed by atoms with Crippen LogP contribution >= 0.6 is 0 Å². The molecule has 0 saturated carbocycles. The van der Waals surface area contributed by atoms with Crippen molar-refractivity contribution in [3.8, 4) is 0 Å². The van der Waals surface area contributed by atoms with Crippen molar-refractivity contribution >= 4 is 11.6 Å². The summed E-state index contributed by atoms with van der Waals surface area (Å²) in [5, 5.41) is 6.22. The zero-order chi connectivity index (χ0) is 14.4. The van der Waals surface area contributed by atoms with Gasteiger partial charge in [-0.25, -0.2) is 0 Å². The van der Waals surface area contributed by atoms with Gasteiger partial charge in [0, 0.05) is 5.69 Å². The second kappa shape index (κ2) is 7.41. The highest BCUT2D eigenvalue weighted by molar-refractivity contribution is 5.94. The molecule has 0 radical (unpaired) electrons. The molecule has 1 saturated heterocycles. The van der Waals surface area contributed by atoms with Crippen molar-refractivity contribution in [2.75, 3.05) is 32.0 Å². The third-order valence-electron chi connectivity index (χ3n) is 4.11. The topological polar surface area (TPSA) is 44.4 Å². The third kappa shape index (κ3) is 4.05. The number of carbonyl (C=O) groups excluding carboxylic acids is 1. The van der Waals surface area contributed by atoms with E-state index < -0.39 is 0 Å². The van der Waals surface area contributed by atoms with Gasteiger partial charge in [0.15, 0.2) is 0 Å². The second-order valence-electron chi connectivity index (χ2n) is 5.57. The predicted octanol–water partition coefficient (Wildman–Crippen LogP) is 1.94. The average Bonchev–Trinajstić information content (AvgIpc) is 2.48. The molecule has 1 amide bonds. The van der Waals surface area contributed by atoms with Gasteiger partial charge in [0.05, 0.1) is 6.04 Å². The Balaban J connectivity index is 1.82. The van der Waals surface area contributed by atoms with E-state index in [9.17, 15) is 4.79 Å². The Hall–Kier alpha value is -1.39. The average molecular weight is 275 g/mol. The van der Waals surface area contributed by atoms with Crippen molar-refractivity contribution in [2.45, 2.75) is 25.8 Å². The summed E-state index contributed by atoms with van der Waals surface area (Å²) in [5.41, 5.74) is 0.870. The van der Waals surface area contributed by atoms with E-state index in [2.05, 4.69) is 15.5 Å². The van der Waals surface area contributed by atoms with Crippen molar-refractivity contribution in [2.24, 2.45) is 5.92 Å². The van der Waals surface area contributed by atoms with Crippen LogP contribution in [0, 0.1) is 5.92 Å². The lowest BCUT2D eigenvalue weighted by atomic mass is 9.96. The molecule has 4 nitrogen and oxygen atoms in total. The first-order valence-electron chi connectivity index (χ1n) is 7.45. The minimum atomic E-state index is -0.0641. The van der Waals surface area contributed by atoms with Crippen LogP contribution in [-0.4, -0.2) is 43.5 Å². The highest BCUT2D eigenvalue weighted by Gasteiger charge is 2.26. The van der Waals surface area contributed by atoms with Crippen LogP contribution in [0.1, 0.15) is 19.8 Å². The molecule has 2 N–H and O–H groups in total. The smallest absolute Gasteiger partial charge is 0.241 e. The number of hydrogen-bond donors (Lipinski definition) is 2. The summed E-state index contributed by atoms with van der Waals surface area (Å²) in [7, 11) is 2.00. The lowest BCUT2D eigenvalue weighted by Crippen LogP contribution is -2.47. The Bertz CT molecular complexity index is 413. The molecule has 1 heterocycles. The van der Waals surface area contributed by atoms with Gasteiger partial charge in [0.2, 0.25) is 5.91 Å². The summed E-state index contributed by atoms with van der Waals surface area (Å²) in [6.45, 7) is 5.10. The first-order chi connectivity index (χ1) is 9.70. The number of rotatable bonds is 5. The summed E-state index contributed by atoms with van der Waals surface area (Å²) in [4.78, 5) is 14.5. The lowest BCUT2D eigenvalue weighted by Gasteiger charge is -2.35. The van der Waals surface area contributed by atoms with Gasteiger partial charge in [-0.1, -0.05) is 18.2 Å². The van der Waals surface area contributed by atoms with Crippen molar-refractivity contribution in [3.05, 3.63) is 30.3 Å². The van der Waals surface area contributed by atoms with Gasteiger partial charge in [0.1, 0.15) is 0 Å². The van der Waals surface area contributed by atoms with Crippen LogP contribution in [0.25, 0.3) is 0 Å². The highest BCUT2D eigenvalue weighted by Crippen LogP contribution is 2.19. The molecule has 2 rings (SSSR count). The molecule has 1 aliphatic rings. The molecule has 0 aromatic heterocycles. The molecule has 1 fully saturated rings. The highest BCUT2D eigenvalue weighted by atomic mass is 16.2. The summed E-state index contributed by atoms with van der Waals surface area (Å²) in [6.07, 6.45) is 2.34. The van der Waals surface area contributed by atoms with Crippen molar-refractivity contribution in [1.82, 2.24) is 10.2 Å². The lowest BCUT2D eigenvalue weighted by molar-refractivity contribution is -0.121. The number of anilines is 1. The Labute approximate surface area is 121 Å². The number of carbonyl (C=O) groups is 1. The van der Waals surface area contributed by atoms with E-state index in [0.29, 0.717) is 0 Å². The van der Waals surface area contributed by atoms with E-state index in [1.165, 1.54) is 12.8 Å². The summed E-state index contributed by atoms with van der Waals surface area (Å²) in [5.74, 6) is 0.837. The van der Waals surface area contributed by atoms with Crippen LogP contribution in [0.3, 0.4) is 0 Å². The maximum Gasteiger partial charge on any atom is 0.241 e. The molecule has 0 spiro atoms. The van der Waals surface area contributed by atoms with Crippen molar-refractivity contribution in [3.63, 3.8) is 0 Å². The number of benzene rings is 1. The molecule has 110 valence electrons. The van der Waals surface area contributed by atoms with Crippen LogP contribution in [0.15, 0.2) is 30.3 Å². The molecule has 1 aliphatic heterocycles. The first kappa shape index (κ1) is 15.0. The third-order valence-corrected chi connectivity index (χ3v) is 4.11. The number of nitrogens with zero attached hydrogens (tertiary/aromatic N) is 1. The largest absolute Gasteiger partial charge is 0.325 e. The normalized spacial score (nSPS) is 18.7. The minimum absolute atomic E-state index is 0.0641. The molecular weight excluding hydrogens is 250 g/mol. The number of amides is 1. The minimum Gasteiger partial charge on any atom is -0.325 e. The first-order valence-corrected chi connectivity index (χ1v) is 7.45. The predicted molar refractivity (Wildman–Crippen MR) is 82.8 cm³/mol. The van der Waals surface area contributed by atoms with Crippen LogP contribution < -0.4 is 10.6 Å². The molecule has 1 unspecified atom stereocenters. The zero-order valence-electron chi connectivity index (χ0n) is 12.4. The zero-order valence-corrected chi connectivity index (χ0v) is 12.4. The fourth-order valence-electron chi connectivity index (χ4n) is 2.77. The summed E-state index contributed by atoms with van der Waals surface area (Å²) in [6, 6.07) is 9.59. The van der Waals surface area contributed by atoms with E-state index in [4.69, 9.17) is 0 Å². The summed E-state index contributed by atoms with van der Waals surface area (Å²) >= 11 is 0. The summed E-state index contributed by atoms with van der Waals surface area (Å²) < 4.78 is 0. The maximum absolute atomic E-state index is 12.3. The van der Waals surface area contributed by atoms with E-state index >= 15 is 0 Å². The van der Waals surface area contributed by atoms with E-state index in [1.54, 1.807) is 0 Å². The number of likely N-dealkylation sites (tertiary alicyclic amines) is 1. The Kier molecular flexibility index (Phi) is 5.56. The van der Waals surface area contributed by atoms with Gasteiger partial charge in [-0.15, -0.1) is 0 Å². The van der Waals surface area contributed by atoms with Crippen molar-refractivity contribution < 1.29 is 4.79 Å². The van der Waals surface area contributed by atoms with E-state index in [0.717, 1.165) is 31.2 Å². The van der Waals surface area contributed by atoms with Crippen LogP contribution in [0.2, 0.25) is 0 Å². The standard InChI is InChI=1S/C16H25N3O/c1-13(16(20)18-15-6-4-3-5-7-15)19-10-8-14(9-11-19)12-17-2/h3-7,13-14,17H,8-12H2,1-2H3,(H,18,20). The maximum atomic E-state index is 12.3. The van der Waals surface area contributed by atoms with Crippen LogP contribution in [0.4, 0.5) is 5.69 Å². The molecule has 20 heavy (non-hydrogen) atoms. The monoisotopic (exact) mass is 275 g/mol. The number of para-hydroxylation sites is 1. The van der Waals surface area contributed by atoms with Gasteiger partial charge >= 0.3 is 0 Å².